The summed E-state index contributed by atoms with van der Waals surface area (Å²) < 4.78 is 37.1. The largest absolute Gasteiger partial charge is 0.497 e. The number of hydrogen-bond donors (Lipinski definition) is 1. The van der Waals surface area contributed by atoms with Crippen LogP contribution in [0.3, 0.4) is 0 Å². The molecule has 32 heavy (non-hydrogen) atoms. The summed E-state index contributed by atoms with van der Waals surface area (Å²) in [5.41, 5.74) is 3.01. The van der Waals surface area contributed by atoms with Gasteiger partial charge in [0.1, 0.15) is 16.4 Å². The molecule has 4 aromatic rings. The van der Waals surface area contributed by atoms with E-state index in [2.05, 4.69) is 0 Å². The van der Waals surface area contributed by atoms with Crippen molar-refractivity contribution in [1.82, 2.24) is 9.78 Å². The van der Waals surface area contributed by atoms with Gasteiger partial charge in [0.15, 0.2) is 0 Å². The van der Waals surface area contributed by atoms with Crippen molar-refractivity contribution in [3.63, 3.8) is 0 Å². The van der Waals surface area contributed by atoms with Crippen LogP contribution in [0.5, 0.6) is 11.5 Å². The fourth-order valence-electron chi connectivity index (χ4n) is 3.41. The average molecular weight is 470 g/mol. The van der Waals surface area contributed by atoms with Crippen LogP contribution in [0.4, 0.5) is 0 Å². The van der Waals surface area contributed by atoms with E-state index in [4.69, 9.17) is 31.3 Å². The van der Waals surface area contributed by atoms with Crippen LogP contribution in [-0.4, -0.2) is 32.4 Å². The number of aromatic nitrogens is 2. The third-order valence-electron chi connectivity index (χ3n) is 4.93. The van der Waals surface area contributed by atoms with Crippen LogP contribution < -0.4 is 14.6 Å². The van der Waals surface area contributed by atoms with E-state index < -0.39 is 10.0 Å². The molecule has 0 aliphatic carbocycles. The summed E-state index contributed by atoms with van der Waals surface area (Å²) in [5.74, 6) is 1.18. The summed E-state index contributed by atoms with van der Waals surface area (Å²) in [7, 11) is -0.877. The monoisotopic (exact) mass is 469 g/mol. The van der Waals surface area contributed by atoms with Gasteiger partial charge in [0.2, 0.25) is 10.0 Å². The molecule has 0 saturated carbocycles. The molecule has 9 heteroatoms. The third kappa shape index (κ3) is 4.20. The molecule has 1 aromatic heterocycles. The number of halogens is 1. The van der Waals surface area contributed by atoms with Gasteiger partial charge in [-0.25, -0.2) is 18.2 Å². The molecule has 0 atom stereocenters. The molecule has 0 aliphatic rings. The highest BCUT2D eigenvalue weighted by Gasteiger charge is 2.22. The Morgan fingerprint density at radius 3 is 2.31 bits per heavy atom. The summed E-state index contributed by atoms with van der Waals surface area (Å²) in [6.45, 7) is 0. The number of rotatable bonds is 6. The summed E-state index contributed by atoms with van der Waals surface area (Å²) in [6.07, 6.45) is 0. The molecule has 0 radical (unpaired) electrons. The van der Waals surface area contributed by atoms with Gasteiger partial charge in [-0.15, -0.1) is 0 Å². The predicted octanol–water partition coefficient (Wildman–Crippen LogP) is 4.52. The Morgan fingerprint density at radius 1 is 0.938 bits per heavy atom. The number of hydrogen-bond acceptors (Lipinski definition) is 5. The van der Waals surface area contributed by atoms with Gasteiger partial charge >= 0.3 is 0 Å². The molecular weight excluding hydrogens is 450 g/mol. The normalized spacial score (nSPS) is 11.4. The van der Waals surface area contributed by atoms with Gasteiger partial charge in [0.25, 0.3) is 0 Å². The molecule has 0 saturated heterocycles. The van der Waals surface area contributed by atoms with Crippen molar-refractivity contribution >= 4 is 21.6 Å². The number of para-hydroxylation sites is 1. The molecule has 3 aromatic carbocycles. The third-order valence-corrected chi connectivity index (χ3v) is 6.14. The summed E-state index contributed by atoms with van der Waals surface area (Å²) >= 11 is 6.03. The quantitative estimate of drug-likeness (QED) is 0.447. The van der Waals surface area contributed by atoms with Crippen molar-refractivity contribution in [2.75, 3.05) is 14.2 Å². The van der Waals surface area contributed by atoms with Gasteiger partial charge in [-0.05, 0) is 48.5 Å². The maximum Gasteiger partial charge on any atom is 0.240 e. The maximum atomic E-state index is 12.3. The molecule has 4 rings (SSSR count). The lowest BCUT2D eigenvalue weighted by atomic mass is 10.1. The van der Waals surface area contributed by atoms with Gasteiger partial charge < -0.3 is 9.47 Å². The van der Waals surface area contributed by atoms with E-state index in [1.807, 2.05) is 18.2 Å². The van der Waals surface area contributed by atoms with Crippen LogP contribution in [0.15, 0.2) is 77.7 Å². The molecule has 0 amide bonds. The molecule has 2 N–H and O–H groups in total. The van der Waals surface area contributed by atoms with E-state index in [-0.39, 0.29) is 4.90 Å². The van der Waals surface area contributed by atoms with E-state index >= 15 is 0 Å². The second-order valence-electron chi connectivity index (χ2n) is 6.91. The Bertz CT molecular complexity index is 1380. The molecule has 0 fully saturated rings. The smallest absolute Gasteiger partial charge is 0.240 e. The average Bonchev–Trinajstić information content (AvgIpc) is 3.23. The first-order valence-electron chi connectivity index (χ1n) is 9.52. The molecule has 0 unspecified atom stereocenters. The predicted molar refractivity (Wildman–Crippen MR) is 124 cm³/mol. The number of nitrogens with zero attached hydrogens (tertiary/aromatic N) is 2. The second-order valence-corrected chi connectivity index (χ2v) is 8.88. The molecule has 1 heterocycles. The topological polar surface area (TPSA) is 96.4 Å². The fourth-order valence-corrected chi connectivity index (χ4v) is 4.25. The maximum absolute atomic E-state index is 12.3. The van der Waals surface area contributed by atoms with E-state index in [1.165, 1.54) is 6.07 Å². The first-order chi connectivity index (χ1) is 15.3. The van der Waals surface area contributed by atoms with Crippen LogP contribution in [0.1, 0.15) is 0 Å². The molecule has 164 valence electrons. The van der Waals surface area contributed by atoms with E-state index in [0.717, 1.165) is 5.56 Å². The van der Waals surface area contributed by atoms with Gasteiger partial charge in [0.05, 0.1) is 31.3 Å². The van der Waals surface area contributed by atoms with Crippen LogP contribution in [0, 0.1) is 0 Å². The Hall–Kier alpha value is -3.33. The standard InChI is InChI=1S/C23H20ClN3O4S/c1-30-17-11-12-22(31-2)18(13-17)21-14-19(15-7-9-16(24)10-8-15)26-27(21)20-5-3-4-6-23(20)32(25,28)29/h3-14H,1-2H3,(H2,25,28,29). The van der Waals surface area contributed by atoms with Crippen molar-refractivity contribution in [3.8, 4) is 39.7 Å². The van der Waals surface area contributed by atoms with Gasteiger partial charge in [-0.3, -0.25) is 0 Å². The fraction of sp³-hybridized carbons (Fsp3) is 0.0870. The zero-order valence-corrected chi connectivity index (χ0v) is 18.9. The van der Waals surface area contributed by atoms with E-state index in [0.29, 0.717) is 39.2 Å². The first kappa shape index (κ1) is 21.9. The minimum Gasteiger partial charge on any atom is -0.497 e. The highest BCUT2D eigenvalue weighted by Crippen LogP contribution is 2.37. The minimum absolute atomic E-state index is 0.0473. The lowest BCUT2D eigenvalue weighted by Crippen LogP contribution is -2.16. The molecule has 0 bridgehead atoms. The summed E-state index contributed by atoms with van der Waals surface area (Å²) in [6, 6.07) is 20.8. The molecular formula is C23H20ClN3O4S. The number of benzene rings is 3. The number of sulfonamides is 1. The molecule has 7 nitrogen and oxygen atoms in total. The van der Waals surface area contributed by atoms with Gasteiger partial charge in [-0.1, -0.05) is 35.9 Å². The Kier molecular flexibility index (Phi) is 5.92. The minimum atomic E-state index is -4.00. The van der Waals surface area contributed by atoms with Crippen LogP contribution in [0.2, 0.25) is 5.02 Å². The molecule has 0 aliphatic heterocycles. The highest BCUT2D eigenvalue weighted by molar-refractivity contribution is 7.89. The number of primary sulfonamides is 1. The summed E-state index contributed by atoms with van der Waals surface area (Å²) in [4.78, 5) is -0.0473. The van der Waals surface area contributed by atoms with Crippen LogP contribution >= 0.6 is 11.6 Å². The van der Waals surface area contributed by atoms with E-state index in [9.17, 15) is 8.42 Å². The second kappa shape index (κ2) is 8.66. The summed E-state index contributed by atoms with van der Waals surface area (Å²) in [5, 5.41) is 10.8. The SMILES string of the molecule is COc1ccc(OC)c(-c2cc(-c3ccc(Cl)cc3)nn2-c2ccccc2S(N)(=O)=O)c1. The number of nitrogens with two attached hydrogens (primary N) is 1. The lowest BCUT2D eigenvalue weighted by Gasteiger charge is -2.14. The number of methoxy groups -OCH3 is 2. The van der Waals surface area contributed by atoms with Crippen molar-refractivity contribution in [2.45, 2.75) is 4.90 Å². The van der Waals surface area contributed by atoms with Crippen molar-refractivity contribution in [3.05, 3.63) is 77.8 Å². The van der Waals surface area contributed by atoms with Gasteiger partial charge in [0, 0.05) is 16.1 Å². The van der Waals surface area contributed by atoms with Crippen molar-refractivity contribution in [1.29, 1.82) is 0 Å². The van der Waals surface area contributed by atoms with Crippen LogP contribution in [-0.2, 0) is 10.0 Å². The lowest BCUT2D eigenvalue weighted by molar-refractivity contribution is 0.404. The molecule has 0 spiro atoms. The van der Waals surface area contributed by atoms with E-state index in [1.54, 1.807) is 67.4 Å². The Labute approximate surface area is 191 Å². The van der Waals surface area contributed by atoms with Crippen molar-refractivity contribution < 1.29 is 17.9 Å². The first-order valence-corrected chi connectivity index (χ1v) is 11.4. The van der Waals surface area contributed by atoms with Gasteiger partial charge in [-0.2, -0.15) is 5.10 Å². The Morgan fingerprint density at radius 2 is 1.66 bits per heavy atom. The zero-order chi connectivity index (χ0) is 22.9. The van der Waals surface area contributed by atoms with Crippen molar-refractivity contribution in [2.24, 2.45) is 5.14 Å². The van der Waals surface area contributed by atoms with Crippen LogP contribution in [0.25, 0.3) is 28.2 Å². The zero-order valence-electron chi connectivity index (χ0n) is 17.3. The Balaban J connectivity index is 2.04. The number of ether oxygens (including phenoxy) is 2. The highest BCUT2D eigenvalue weighted by atomic mass is 35.5.